The van der Waals surface area contributed by atoms with Crippen LogP contribution in [0.4, 0.5) is 5.13 Å². The van der Waals surface area contributed by atoms with Crippen LogP contribution < -0.4 is 5.32 Å². The molecule has 1 aromatic rings. The molecule has 1 aromatic heterocycles. The number of aliphatic hydroxyl groups is 1. The summed E-state index contributed by atoms with van der Waals surface area (Å²) in [4.78, 5) is 5.72. The van der Waals surface area contributed by atoms with Crippen molar-refractivity contribution in [2.24, 2.45) is 0 Å². The monoisotopic (exact) mass is 226 g/mol. The van der Waals surface area contributed by atoms with Gasteiger partial charge in [-0.3, -0.25) is 0 Å². The number of anilines is 1. The molecule has 0 spiro atoms. The fourth-order valence-corrected chi connectivity index (χ4v) is 3.06. The summed E-state index contributed by atoms with van der Waals surface area (Å²) in [6, 6.07) is 0. The molecule has 0 amide bonds. The van der Waals surface area contributed by atoms with Crippen molar-refractivity contribution in [3.63, 3.8) is 0 Å². The minimum Gasteiger partial charge on any atom is -0.394 e. The summed E-state index contributed by atoms with van der Waals surface area (Å²) in [5, 5.41) is 13.9. The molecule has 1 saturated carbocycles. The first-order valence-corrected chi connectivity index (χ1v) is 6.30. The molecule has 1 heterocycles. The van der Waals surface area contributed by atoms with Gasteiger partial charge < -0.3 is 10.4 Å². The average Bonchev–Trinajstić information content (AvgIpc) is 2.77. The zero-order valence-electron chi connectivity index (χ0n) is 9.34. The Bertz CT molecular complexity index is 323. The van der Waals surface area contributed by atoms with E-state index in [-0.39, 0.29) is 12.1 Å². The number of nitrogens with zero attached hydrogens (tertiary/aromatic N) is 1. The molecular formula is C11H18N2OS. The summed E-state index contributed by atoms with van der Waals surface area (Å²) in [7, 11) is 0. The SMILES string of the molecule is Cc1nc(NC2(CO)CCCC2)sc1C. The predicted octanol–water partition coefficient (Wildman–Crippen LogP) is 2.48. The van der Waals surface area contributed by atoms with E-state index in [9.17, 15) is 5.11 Å². The second kappa shape index (κ2) is 4.10. The maximum Gasteiger partial charge on any atom is 0.183 e. The Morgan fingerprint density at radius 1 is 1.40 bits per heavy atom. The van der Waals surface area contributed by atoms with Crippen molar-refractivity contribution >= 4 is 16.5 Å². The molecule has 2 N–H and O–H groups in total. The van der Waals surface area contributed by atoms with Crippen LogP contribution in [0.5, 0.6) is 0 Å². The van der Waals surface area contributed by atoms with Gasteiger partial charge in [0.1, 0.15) is 0 Å². The molecule has 0 atom stereocenters. The largest absolute Gasteiger partial charge is 0.394 e. The Morgan fingerprint density at radius 2 is 2.07 bits per heavy atom. The number of aromatic nitrogens is 1. The first kappa shape index (κ1) is 10.9. The zero-order valence-corrected chi connectivity index (χ0v) is 10.2. The highest BCUT2D eigenvalue weighted by atomic mass is 32.1. The molecule has 84 valence electrons. The summed E-state index contributed by atoms with van der Waals surface area (Å²) in [6.07, 6.45) is 4.52. The fourth-order valence-electron chi connectivity index (χ4n) is 2.13. The van der Waals surface area contributed by atoms with E-state index < -0.39 is 0 Å². The fraction of sp³-hybridized carbons (Fsp3) is 0.727. The number of aryl methyl sites for hydroxylation is 2. The molecule has 3 nitrogen and oxygen atoms in total. The first-order valence-electron chi connectivity index (χ1n) is 5.48. The van der Waals surface area contributed by atoms with Crippen LogP contribution in [0.1, 0.15) is 36.3 Å². The van der Waals surface area contributed by atoms with Gasteiger partial charge in [0.2, 0.25) is 0 Å². The molecule has 2 rings (SSSR count). The van der Waals surface area contributed by atoms with Crippen LogP contribution >= 0.6 is 11.3 Å². The summed E-state index contributed by atoms with van der Waals surface area (Å²) in [5.41, 5.74) is 0.991. The normalized spacial score (nSPS) is 19.4. The van der Waals surface area contributed by atoms with E-state index in [0.29, 0.717) is 0 Å². The highest BCUT2D eigenvalue weighted by Gasteiger charge is 2.33. The van der Waals surface area contributed by atoms with E-state index >= 15 is 0 Å². The number of thiazole rings is 1. The number of hydrogen-bond acceptors (Lipinski definition) is 4. The van der Waals surface area contributed by atoms with Crippen LogP contribution in [0, 0.1) is 13.8 Å². The van der Waals surface area contributed by atoms with E-state index in [1.165, 1.54) is 17.7 Å². The van der Waals surface area contributed by atoms with Crippen molar-refractivity contribution < 1.29 is 5.11 Å². The zero-order chi connectivity index (χ0) is 10.9. The van der Waals surface area contributed by atoms with Gasteiger partial charge in [0.25, 0.3) is 0 Å². The van der Waals surface area contributed by atoms with Gasteiger partial charge in [-0.05, 0) is 26.7 Å². The lowest BCUT2D eigenvalue weighted by Gasteiger charge is -2.27. The van der Waals surface area contributed by atoms with Gasteiger partial charge in [-0.25, -0.2) is 4.98 Å². The van der Waals surface area contributed by atoms with Crippen molar-refractivity contribution in [1.82, 2.24) is 4.98 Å². The van der Waals surface area contributed by atoms with Crippen LogP contribution in [0.2, 0.25) is 0 Å². The summed E-state index contributed by atoms with van der Waals surface area (Å²) >= 11 is 1.68. The molecule has 4 heteroatoms. The van der Waals surface area contributed by atoms with Gasteiger partial charge in [0, 0.05) is 4.88 Å². The van der Waals surface area contributed by atoms with Gasteiger partial charge in [0.05, 0.1) is 17.8 Å². The van der Waals surface area contributed by atoms with Crippen LogP contribution in [-0.4, -0.2) is 22.2 Å². The third-order valence-corrected chi connectivity index (χ3v) is 4.25. The van der Waals surface area contributed by atoms with E-state index in [1.807, 2.05) is 6.92 Å². The third kappa shape index (κ3) is 2.16. The molecule has 0 unspecified atom stereocenters. The van der Waals surface area contributed by atoms with Crippen LogP contribution in [0.3, 0.4) is 0 Å². The van der Waals surface area contributed by atoms with E-state index in [4.69, 9.17) is 0 Å². The first-order chi connectivity index (χ1) is 7.15. The van der Waals surface area contributed by atoms with Crippen molar-refractivity contribution in [2.45, 2.75) is 45.1 Å². The molecular weight excluding hydrogens is 208 g/mol. The average molecular weight is 226 g/mol. The smallest absolute Gasteiger partial charge is 0.183 e. The Hall–Kier alpha value is -0.610. The van der Waals surface area contributed by atoms with Crippen molar-refractivity contribution in [1.29, 1.82) is 0 Å². The Kier molecular flexibility index (Phi) is 2.98. The number of aliphatic hydroxyl groups excluding tert-OH is 1. The molecule has 0 bridgehead atoms. The third-order valence-electron chi connectivity index (χ3n) is 3.26. The molecule has 0 aromatic carbocycles. The van der Waals surface area contributed by atoms with Crippen molar-refractivity contribution in [3.05, 3.63) is 10.6 Å². The van der Waals surface area contributed by atoms with Crippen LogP contribution in [0.25, 0.3) is 0 Å². The van der Waals surface area contributed by atoms with Gasteiger partial charge in [0.15, 0.2) is 5.13 Å². The lowest BCUT2D eigenvalue weighted by molar-refractivity contribution is 0.214. The summed E-state index contributed by atoms with van der Waals surface area (Å²) in [6.45, 7) is 4.32. The van der Waals surface area contributed by atoms with Crippen LogP contribution in [-0.2, 0) is 0 Å². The second-order valence-corrected chi connectivity index (χ2v) is 5.63. The van der Waals surface area contributed by atoms with Crippen molar-refractivity contribution in [3.8, 4) is 0 Å². The van der Waals surface area contributed by atoms with Crippen molar-refractivity contribution in [2.75, 3.05) is 11.9 Å². The second-order valence-electron chi connectivity index (χ2n) is 4.43. The maximum absolute atomic E-state index is 9.47. The maximum atomic E-state index is 9.47. The highest BCUT2D eigenvalue weighted by Crippen LogP contribution is 2.34. The lowest BCUT2D eigenvalue weighted by atomic mass is 10.00. The predicted molar refractivity (Wildman–Crippen MR) is 63.5 cm³/mol. The quantitative estimate of drug-likeness (QED) is 0.832. The van der Waals surface area contributed by atoms with Gasteiger partial charge >= 0.3 is 0 Å². The Morgan fingerprint density at radius 3 is 2.53 bits per heavy atom. The van der Waals surface area contributed by atoms with E-state index in [2.05, 4.69) is 17.2 Å². The Balaban J connectivity index is 2.12. The number of nitrogens with one attached hydrogen (secondary N) is 1. The topological polar surface area (TPSA) is 45.2 Å². The standard InChI is InChI=1S/C11H18N2OS/c1-8-9(2)15-10(12-8)13-11(7-14)5-3-4-6-11/h14H,3-7H2,1-2H3,(H,12,13). The molecule has 1 fully saturated rings. The summed E-state index contributed by atoms with van der Waals surface area (Å²) < 4.78 is 0. The Labute approximate surface area is 94.5 Å². The molecule has 1 aliphatic rings. The minimum absolute atomic E-state index is 0.100. The van der Waals surface area contributed by atoms with Gasteiger partial charge in [-0.1, -0.05) is 12.8 Å². The lowest BCUT2D eigenvalue weighted by Crippen LogP contribution is -2.38. The number of rotatable bonds is 3. The molecule has 0 radical (unpaired) electrons. The van der Waals surface area contributed by atoms with Gasteiger partial charge in [-0.15, -0.1) is 11.3 Å². The van der Waals surface area contributed by atoms with E-state index in [0.717, 1.165) is 23.7 Å². The molecule has 0 saturated heterocycles. The van der Waals surface area contributed by atoms with Gasteiger partial charge in [-0.2, -0.15) is 0 Å². The number of hydrogen-bond donors (Lipinski definition) is 2. The molecule has 0 aliphatic heterocycles. The van der Waals surface area contributed by atoms with E-state index in [1.54, 1.807) is 11.3 Å². The highest BCUT2D eigenvalue weighted by molar-refractivity contribution is 7.15. The van der Waals surface area contributed by atoms with Crippen LogP contribution in [0.15, 0.2) is 0 Å². The summed E-state index contributed by atoms with van der Waals surface area (Å²) in [5.74, 6) is 0. The molecule has 15 heavy (non-hydrogen) atoms. The minimum atomic E-state index is -0.100. The molecule has 1 aliphatic carbocycles.